The molecule has 1 aliphatic rings. The number of nitrogens with zero attached hydrogens (tertiary/aromatic N) is 1. The summed E-state index contributed by atoms with van der Waals surface area (Å²) in [6, 6.07) is 18.8. The number of rotatable bonds is 3. The molecule has 28 heavy (non-hydrogen) atoms. The maximum absolute atomic E-state index is 13.2. The molecule has 1 unspecified atom stereocenters. The van der Waals surface area contributed by atoms with Gasteiger partial charge >= 0.3 is 0 Å². The molecule has 3 aromatic rings. The van der Waals surface area contributed by atoms with Crippen LogP contribution in [0.1, 0.15) is 33.4 Å². The first kappa shape index (κ1) is 18.8. The van der Waals surface area contributed by atoms with Crippen LogP contribution < -0.4 is 10.2 Å². The predicted octanol–water partition coefficient (Wildman–Crippen LogP) is 5.53. The Morgan fingerprint density at radius 2 is 1.82 bits per heavy atom. The lowest BCUT2D eigenvalue weighted by atomic mass is 10.1. The van der Waals surface area contributed by atoms with E-state index in [1.807, 2.05) is 46.3 Å². The Balaban J connectivity index is 1.53. The van der Waals surface area contributed by atoms with Gasteiger partial charge in [-0.3, -0.25) is 9.59 Å². The Morgan fingerprint density at radius 3 is 2.57 bits per heavy atom. The SMILES string of the molecule is CC1CCN(C(=O)c2ccc(NC(=O)c3cccs3)cc2)c2ccccc2S1. The van der Waals surface area contributed by atoms with Gasteiger partial charge in [0, 0.05) is 27.9 Å². The zero-order valence-electron chi connectivity index (χ0n) is 15.4. The van der Waals surface area contributed by atoms with Crippen molar-refractivity contribution < 1.29 is 9.59 Å². The van der Waals surface area contributed by atoms with Crippen LogP contribution >= 0.6 is 23.1 Å². The normalized spacial score (nSPS) is 16.2. The highest BCUT2D eigenvalue weighted by atomic mass is 32.2. The Morgan fingerprint density at radius 1 is 1.04 bits per heavy atom. The predicted molar refractivity (Wildman–Crippen MR) is 117 cm³/mol. The minimum Gasteiger partial charge on any atom is -0.321 e. The quantitative estimate of drug-likeness (QED) is 0.620. The summed E-state index contributed by atoms with van der Waals surface area (Å²) in [4.78, 5) is 29.0. The van der Waals surface area contributed by atoms with Gasteiger partial charge in [0.05, 0.1) is 10.6 Å². The highest BCUT2D eigenvalue weighted by Crippen LogP contribution is 2.37. The molecule has 0 saturated carbocycles. The van der Waals surface area contributed by atoms with Crippen molar-refractivity contribution in [3.8, 4) is 0 Å². The molecule has 0 aliphatic carbocycles. The lowest BCUT2D eigenvalue weighted by Crippen LogP contribution is -2.32. The zero-order valence-corrected chi connectivity index (χ0v) is 17.1. The third-order valence-electron chi connectivity index (χ3n) is 4.62. The number of hydrogen-bond donors (Lipinski definition) is 1. The molecule has 1 aromatic heterocycles. The third kappa shape index (κ3) is 3.98. The van der Waals surface area contributed by atoms with E-state index in [0.29, 0.717) is 27.9 Å². The second-order valence-electron chi connectivity index (χ2n) is 6.65. The molecule has 1 aliphatic heterocycles. The van der Waals surface area contributed by atoms with Crippen molar-refractivity contribution in [2.75, 3.05) is 16.8 Å². The Hall–Kier alpha value is -2.57. The molecule has 4 rings (SSSR count). The van der Waals surface area contributed by atoms with E-state index in [2.05, 4.69) is 18.3 Å². The third-order valence-corrected chi connectivity index (χ3v) is 6.73. The molecule has 1 atom stereocenters. The summed E-state index contributed by atoms with van der Waals surface area (Å²) in [7, 11) is 0. The lowest BCUT2D eigenvalue weighted by Gasteiger charge is -2.22. The van der Waals surface area contributed by atoms with Gasteiger partial charge in [-0.2, -0.15) is 0 Å². The summed E-state index contributed by atoms with van der Waals surface area (Å²) < 4.78 is 0. The second kappa shape index (κ2) is 8.20. The van der Waals surface area contributed by atoms with Crippen LogP contribution in [-0.4, -0.2) is 23.6 Å². The average Bonchev–Trinajstić information content (AvgIpc) is 3.19. The van der Waals surface area contributed by atoms with Crippen LogP contribution in [0.4, 0.5) is 11.4 Å². The number of benzene rings is 2. The largest absolute Gasteiger partial charge is 0.321 e. The Labute approximate surface area is 172 Å². The van der Waals surface area contributed by atoms with E-state index in [1.54, 1.807) is 30.3 Å². The Kier molecular flexibility index (Phi) is 5.50. The molecule has 0 spiro atoms. The van der Waals surface area contributed by atoms with E-state index >= 15 is 0 Å². The number of amides is 2. The summed E-state index contributed by atoms with van der Waals surface area (Å²) in [5.41, 5.74) is 2.26. The van der Waals surface area contributed by atoms with Crippen LogP contribution in [0.15, 0.2) is 70.9 Å². The fourth-order valence-corrected chi connectivity index (χ4v) is 4.88. The molecular formula is C22H20N2O2S2. The van der Waals surface area contributed by atoms with E-state index in [-0.39, 0.29) is 11.8 Å². The van der Waals surface area contributed by atoms with Gasteiger partial charge in [-0.25, -0.2) is 0 Å². The molecule has 0 bridgehead atoms. The van der Waals surface area contributed by atoms with Crippen molar-refractivity contribution in [3.63, 3.8) is 0 Å². The van der Waals surface area contributed by atoms with E-state index < -0.39 is 0 Å². The molecular weight excluding hydrogens is 388 g/mol. The fourth-order valence-electron chi connectivity index (χ4n) is 3.15. The van der Waals surface area contributed by atoms with Gasteiger partial charge in [-0.15, -0.1) is 23.1 Å². The van der Waals surface area contributed by atoms with Crippen LogP contribution in [-0.2, 0) is 0 Å². The molecule has 2 heterocycles. The van der Waals surface area contributed by atoms with Crippen LogP contribution in [0.5, 0.6) is 0 Å². The lowest BCUT2D eigenvalue weighted by molar-refractivity contribution is 0.0985. The highest BCUT2D eigenvalue weighted by Gasteiger charge is 2.25. The van der Waals surface area contributed by atoms with Crippen molar-refractivity contribution in [2.45, 2.75) is 23.5 Å². The van der Waals surface area contributed by atoms with Crippen LogP contribution in [0.3, 0.4) is 0 Å². The van der Waals surface area contributed by atoms with Gasteiger partial charge in [0.1, 0.15) is 0 Å². The molecule has 0 fully saturated rings. The second-order valence-corrected chi connectivity index (χ2v) is 9.08. The van der Waals surface area contributed by atoms with Gasteiger partial charge in [-0.1, -0.05) is 25.1 Å². The van der Waals surface area contributed by atoms with E-state index in [9.17, 15) is 9.59 Å². The first-order chi connectivity index (χ1) is 13.6. The minimum atomic E-state index is -0.137. The molecule has 2 aromatic carbocycles. The Bertz CT molecular complexity index is 984. The first-order valence-corrected chi connectivity index (χ1v) is 10.9. The van der Waals surface area contributed by atoms with Crippen LogP contribution in [0.2, 0.25) is 0 Å². The maximum atomic E-state index is 13.2. The van der Waals surface area contributed by atoms with Crippen LogP contribution in [0.25, 0.3) is 0 Å². The van der Waals surface area contributed by atoms with Gasteiger partial charge in [0.15, 0.2) is 0 Å². The monoisotopic (exact) mass is 408 g/mol. The number of thiophene rings is 1. The van der Waals surface area contributed by atoms with Gasteiger partial charge in [0.2, 0.25) is 0 Å². The van der Waals surface area contributed by atoms with Crippen molar-refractivity contribution in [1.29, 1.82) is 0 Å². The summed E-state index contributed by atoms with van der Waals surface area (Å²) in [5, 5.41) is 5.20. The maximum Gasteiger partial charge on any atom is 0.265 e. The summed E-state index contributed by atoms with van der Waals surface area (Å²) in [6.07, 6.45) is 0.944. The number of fused-ring (bicyclic) bond motifs is 1. The topological polar surface area (TPSA) is 49.4 Å². The van der Waals surface area contributed by atoms with Crippen molar-refractivity contribution in [2.24, 2.45) is 0 Å². The van der Waals surface area contributed by atoms with Gasteiger partial charge in [0.25, 0.3) is 11.8 Å². The summed E-state index contributed by atoms with van der Waals surface area (Å²) >= 11 is 3.21. The van der Waals surface area contributed by atoms with Gasteiger partial charge in [-0.05, 0) is 54.3 Å². The number of nitrogens with one attached hydrogen (secondary N) is 1. The number of carbonyl (C=O) groups excluding carboxylic acids is 2. The van der Waals surface area contributed by atoms with Gasteiger partial charge < -0.3 is 10.2 Å². The molecule has 0 saturated heterocycles. The van der Waals surface area contributed by atoms with E-state index in [0.717, 1.165) is 17.0 Å². The number of anilines is 2. The average molecular weight is 409 g/mol. The van der Waals surface area contributed by atoms with Crippen molar-refractivity contribution >= 4 is 46.3 Å². The van der Waals surface area contributed by atoms with E-state index in [1.165, 1.54) is 11.3 Å². The van der Waals surface area contributed by atoms with Crippen molar-refractivity contribution in [1.82, 2.24) is 0 Å². The molecule has 2 amide bonds. The van der Waals surface area contributed by atoms with Crippen LogP contribution in [0, 0.1) is 0 Å². The molecule has 6 heteroatoms. The van der Waals surface area contributed by atoms with E-state index in [4.69, 9.17) is 0 Å². The number of hydrogen-bond acceptors (Lipinski definition) is 4. The van der Waals surface area contributed by atoms with Crippen molar-refractivity contribution in [3.05, 3.63) is 76.5 Å². The number of para-hydroxylation sites is 1. The minimum absolute atomic E-state index is 0.0155. The number of thioether (sulfide) groups is 1. The molecule has 4 nitrogen and oxygen atoms in total. The molecule has 0 radical (unpaired) electrons. The summed E-state index contributed by atoms with van der Waals surface area (Å²) in [6.45, 7) is 2.89. The molecule has 1 N–H and O–H groups in total. The first-order valence-electron chi connectivity index (χ1n) is 9.14. The zero-order chi connectivity index (χ0) is 19.5. The highest BCUT2D eigenvalue weighted by molar-refractivity contribution is 8.00. The molecule has 142 valence electrons. The fraction of sp³-hybridized carbons (Fsp3) is 0.182. The standard InChI is InChI=1S/C22H20N2O2S2/c1-15-12-13-24(18-5-2-3-6-19(18)28-15)22(26)16-8-10-17(11-9-16)23-21(25)20-7-4-14-27-20/h2-11,14-15H,12-13H2,1H3,(H,23,25). The smallest absolute Gasteiger partial charge is 0.265 e. The number of carbonyl (C=O) groups is 2. The summed E-state index contributed by atoms with van der Waals surface area (Å²) in [5.74, 6) is -0.153.